The average molecular weight is 337 g/mol. The lowest BCUT2D eigenvalue weighted by Crippen LogP contribution is -2.25. The van der Waals surface area contributed by atoms with Crippen LogP contribution in [0.4, 0.5) is 0 Å². The Morgan fingerprint density at radius 1 is 1.27 bits per heavy atom. The Bertz CT molecular complexity index is 553. The van der Waals surface area contributed by atoms with Crippen LogP contribution in [-0.2, 0) is 6.54 Å². The molecule has 5 heteroatoms. The molecule has 0 saturated heterocycles. The van der Waals surface area contributed by atoms with Crippen LogP contribution in [0.15, 0.2) is 22.9 Å². The molecule has 2 N–H and O–H groups in total. The third-order valence-electron chi connectivity index (χ3n) is 4.39. The second-order valence-corrected chi connectivity index (χ2v) is 7.86. The van der Waals surface area contributed by atoms with Gasteiger partial charge in [0.2, 0.25) is 0 Å². The Balaban J connectivity index is 1.35. The number of aromatic nitrogens is 1. The zero-order valence-corrected chi connectivity index (χ0v) is 14.5. The number of thiazole rings is 1. The molecule has 120 valence electrons. The third-order valence-corrected chi connectivity index (χ3v) is 6.32. The summed E-state index contributed by atoms with van der Waals surface area (Å²) in [5, 5.41) is 18.8. The molecule has 2 aromatic heterocycles. The summed E-state index contributed by atoms with van der Waals surface area (Å²) in [5.41, 5.74) is 1.13. The highest BCUT2D eigenvalue weighted by Gasteiger charge is 2.22. The van der Waals surface area contributed by atoms with Gasteiger partial charge in [0.25, 0.3) is 0 Å². The standard InChI is InChI=1S/C17H24N2OS2/c20-15-7-2-1-5-13(15)6-3-9-18-11-14-12-22-17(19-14)16-8-4-10-21-16/h4,8,10,12-13,15,18,20H,1-3,5-7,9,11H2. The smallest absolute Gasteiger partial charge is 0.133 e. The zero-order valence-electron chi connectivity index (χ0n) is 12.8. The second kappa shape index (κ2) is 8.20. The molecule has 0 amide bonds. The first-order valence-electron chi connectivity index (χ1n) is 8.20. The fourth-order valence-corrected chi connectivity index (χ4v) is 4.77. The van der Waals surface area contributed by atoms with E-state index in [4.69, 9.17) is 0 Å². The van der Waals surface area contributed by atoms with E-state index in [1.807, 2.05) is 0 Å². The van der Waals surface area contributed by atoms with Crippen molar-refractivity contribution in [3.05, 3.63) is 28.6 Å². The van der Waals surface area contributed by atoms with Crippen molar-refractivity contribution in [1.82, 2.24) is 10.3 Å². The monoisotopic (exact) mass is 336 g/mol. The molecule has 3 nitrogen and oxygen atoms in total. The summed E-state index contributed by atoms with van der Waals surface area (Å²) in [7, 11) is 0. The van der Waals surface area contributed by atoms with Crippen molar-refractivity contribution in [2.45, 2.75) is 51.2 Å². The summed E-state index contributed by atoms with van der Waals surface area (Å²) in [4.78, 5) is 5.93. The van der Waals surface area contributed by atoms with Gasteiger partial charge in [-0.15, -0.1) is 22.7 Å². The summed E-state index contributed by atoms with van der Waals surface area (Å²) in [5.74, 6) is 0.528. The number of aliphatic hydroxyl groups is 1. The molecule has 2 heterocycles. The van der Waals surface area contributed by atoms with Gasteiger partial charge in [0.05, 0.1) is 16.7 Å². The van der Waals surface area contributed by atoms with E-state index in [1.165, 1.54) is 24.1 Å². The lowest BCUT2D eigenvalue weighted by molar-refractivity contribution is 0.0643. The Kier molecular flexibility index (Phi) is 6.01. The van der Waals surface area contributed by atoms with Gasteiger partial charge in [0, 0.05) is 11.9 Å². The van der Waals surface area contributed by atoms with Gasteiger partial charge >= 0.3 is 0 Å². The molecule has 22 heavy (non-hydrogen) atoms. The van der Waals surface area contributed by atoms with Crippen molar-refractivity contribution in [2.24, 2.45) is 5.92 Å². The SMILES string of the molecule is OC1CCCCC1CCCNCc1csc(-c2cccs2)n1. The van der Waals surface area contributed by atoms with Crippen LogP contribution < -0.4 is 5.32 Å². The molecule has 2 aromatic rings. The first-order valence-corrected chi connectivity index (χ1v) is 9.96. The highest BCUT2D eigenvalue weighted by atomic mass is 32.1. The summed E-state index contributed by atoms with van der Waals surface area (Å²) >= 11 is 3.46. The average Bonchev–Trinajstić information content (AvgIpc) is 3.19. The minimum atomic E-state index is -0.0550. The van der Waals surface area contributed by atoms with Gasteiger partial charge in [-0.1, -0.05) is 18.9 Å². The van der Waals surface area contributed by atoms with Crippen molar-refractivity contribution in [2.75, 3.05) is 6.54 Å². The van der Waals surface area contributed by atoms with Crippen molar-refractivity contribution < 1.29 is 5.11 Å². The number of rotatable bonds is 7. The van der Waals surface area contributed by atoms with Crippen LogP contribution in [-0.4, -0.2) is 22.7 Å². The van der Waals surface area contributed by atoms with Crippen LogP contribution in [0.5, 0.6) is 0 Å². The lowest BCUT2D eigenvalue weighted by atomic mass is 9.83. The molecule has 0 bridgehead atoms. The third kappa shape index (κ3) is 4.38. The number of hydrogen-bond donors (Lipinski definition) is 2. The van der Waals surface area contributed by atoms with E-state index in [2.05, 4.69) is 33.2 Å². The van der Waals surface area contributed by atoms with Crippen LogP contribution in [0.25, 0.3) is 9.88 Å². The Labute approximate surface area is 140 Å². The number of hydrogen-bond acceptors (Lipinski definition) is 5. The fourth-order valence-electron chi connectivity index (χ4n) is 3.13. The molecular formula is C17H24N2OS2. The maximum Gasteiger partial charge on any atom is 0.133 e. The number of aliphatic hydroxyl groups excluding tert-OH is 1. The first-order chi connectivity index (χ1) is 10.8. The molecular weight excluding hydrogens is 312 g/mol. The number of thiophene rings is 1. The van der Waals surface area contributed by atoms with Gasteiger partial charge in [-0.2, -0.15) is 0 Å². The highest BCUT2D eigenvalue weighted by Crippen LogP contribution is 2.28. The molecule has 1 saturated carbocycles. The summed E-state index contributed by atoms with van der Waals surface area (Å²) in [6.07, 6.45) is 6.93. The van der Waals surface area contributed by atoms with E-state index in [9.17, 15) is 5.11 Å². The van der Waals surface area contributed by atoms with Gasteiger partial charge in [-0.3, -0.25) is 0 Å². The number of nitrogens with zero attached hydrogens (tertiary/aromatic N) is 1. The van der Waals surface area contributed by atoms with E-state index < -0.39 is 0 Å². The maximum atomic E-state index is 9.97. The van der Waals surface area contributed by atoms with Gasteiger partial charge in [-0.25, -0.2) is 4.98 Å². The minimum Gasteiger partial charge on any atom is -0.393 e. The first kappa shape index (κ1) is 16.1. The molecule has 0 radical (unpaired) electrons. The van der Waals surface area contributed by atoms with Crippen LogP contribution in [0.2, 0.25) is 0 Å². The van der Waals surface area contributed by atoms with Gasteiger partial charge < -0.3 is 10.4 Å². The Morgan fingerprint density at radius 2 is 2.18 bits per heavy atom. The van der Waals surface area contributed by atoms with Gasteiger partial charge in [0.1, 0.15) is 5.01 Å². The van der Waals surface area contributed by atoms with Crippen molar-refractivity contribution >= 4 is 22.7 Å². The molecule has 3 rings (SSSR count). The maximum absolute atomic E-state index is 9.97. The van der Waals surface area contributed by atoms with Gasteiger partial charge in [0.15, 0.2) is 0 Å². The topological polar surface area (TPSA) is 45.1 Å². The lowest BCUT2D eigenvalue weighted by Gasteiger charge is -2.27. The quantitative estimate of drug-likeness (QED) is 0.741. The summed E-state index contributed by atoms with van der Waals surface area (Å²) in [6.45, 7) is 1.85. The van der Waals surface area contributed by atoms with Crippen LogP contribution in [0, 0.1) is 5.92 Å². The van der Waals surface area contributed by atoms with Crippen LogP contribution in [0.3, 0.4) is 0 Å². The van der Waals surface area contributed by atoms with Crippen molar-refractivity contribution in [3.8, 4) is 9.88 Å². The predicted molar refractivity (Wildman–Crippen MR) is 94.3 cm³/mol. The fraction of sp³-hybridized carbons (Fsp3) is 0.588. The molecule has 0 spiro atoms. The van der Waals surface area contributed by atoms with E-state index in [0.29, 0.717) is 5.92 Å². The molecule has 2 atom stereocenters. The largest absolute Gasteiger partial charge is 0.393 e. The molecule has 1 aliphatic carbocycles. The molecule has 1 fully saturated rings. The summed E-state index contributed by atoms with van der Waals surface area (Å²) in [6, 6.07) is 4.19. The second-order valence-electron chi connectivity index (χ2n) is 6.05. The molecule has 0 aromatic carbocycles. The van der Waals surface area contributed by atoms with Crippen molar-refractivity contribution in [1.29, 1.82) is 0 Å². The van der Waals surface area contributed by atoms with Crippen LogP contribution >= 0.6 is 22.7 Å². The van der Waals surface area contributed by atoms with Crippen LogP contribution in [0.1, 0.15) is 44.2 Å². The van der Waals surface area contributed by atoms with E-state index in [0.717, 1.165) is 43.1 Å². The minimum absolute atomic E-state index is 0.0550. The van der Waals surface area contributed by atoms with Crippen molar-refractivity contribution in [3.63, 3.8) is 0 Å². The highest BCUT2D eigenvalue weighted by molar-refractivity contribution is 7.20. The predicted octanol–water partition coefficient (Wildman–Crippen LogP) is 4.29. The molecule has 2 unspecified atom stereocenters. The van der Waals surface area contributed by atoms with E-state index in [-0.39, 0.29) is 6.10 Å². The Morgan fingerprint density at radius 3 is 3.00 bits per heavy atom. The molecule has 0 aliphatic heterocycles. The van der Waals surface area contributed by atoms with E-state index >= 15 is 0 Å². The normalized spacial score (nSPS) is 22.0. The zero-order chi connectivity index (χ0) is 15.2. The summed E-state index contributed by atoms with van der Waals surface area (Å²) < 4.78 is 0. The Hall–Kier alpha value is -0.750. The van der Waals surface area contributed by atoms with E-state index in [1.54, 1.807) is 22.7 Å². The number of nitrogens with one attached hydrogen (secondary N) is 1. The van der Waals surface area contributed by atoms with Gasteiger partial charge in [-0.05, 0) is 49.6 Å². The molecule has 1 aliphatic rings.